The van der Waals surface area contributed by atoms with Gasteiger partial charge in [-0.2, -0.15) is 0 Å². The van der Waals surface area contributed by atoms with Crippen LogP contribution in [0.2, 0.25) is 0 Å². The molecule has 0 aromatic carbocycles. The van der Waals surface area contributed by atoms with Crippen molar-refractivity contribution in [2.45, 2.75) is 6.92 Å². The van der Waals surface area contributed by atoms with Gasteiger partial charge >= 0.3 is 6.16 Å². The van der Waals surface area contributed by atoms with Gasteiger partial charge in [-0.1, -0.05) is 28.5 Å². The lowest BCUT2D eigenvalue weighted by Gasteiger charge is -2.20. The van der Waals surface area contributed by atoms with Crippen molar-refractivity contribution in [2.75, 3.05) is 25.2 Å². The van der Waals surface area contributed by atoms with Crippen LogP contribution in [0.1, 0.15) is 6.92 Å². The Hall–Kier alpha value is -0.0300. The highest BCUT2D eigenvalue weighted by atomic mass is 33.1. The normalized spacial score (nSPS) is 20.5. The van der Waals surface area contributed by atoms with Crippen LogP contribution in [0.3, 0.4) is 0 Å². The van der Waals surface area contributed by atoms with Crippen LogP contribution in [-0.4, -0.2) is 31.4 Å². The number of hydrogen-bond donors (Lipinski definition) is 0. The average Bonchev–Trinajstić information content (AvgIpc) is 2.49. The highest BCUT2D eigenvalue weighted by Gasteiger charge is 2.31. The van der Waals surface area contributed by atoms with Gasteiger partial charge < -0.3 is 9.47 Å². The topological polar surface area (TPSA) is 35.5 Å². The van der Waals surface area contributed by atoms with Crippen LogP contribution in [0, 0.1) is 5.41 Å². The Morgan fingerprint density at radius 3 is 2.58 bits per heavy atom. The zero-order valence-corrected chi connectivity index (χ0v) is 8.80. The van der Waals surface area contributed by atoms with Crippen molar-refractivity contribution in [1.82, 2.24) is 0 Å². The van der Waals surface area contributed by atoms with Crippen LogP contribution < -0.4 is 0 Å². The minimum absolute atomic E-state index is 0.128. The van der Waals surface area contributed by atoms with E-state index in [1.54, 1.807) is 0 Å². The maximum Gasteiger partial charge on any atom is 0.507 e. The van der Waals surface area contributed by atoms with Crippen LogP contribution in [0.15, 0.2) is 0 Å². The van der Waals surface area contributed by atoms with Gasteiger partial charge in [0.2, 0.25) is 0 Å². The first-order valence-electron chi connectivity index (χ1n) is 3.61. The molecule has 70 valence electrons. The summed E-state index contributed by atoms with van der Waals surface area (Å²) >= 11 is 0. The molecule has 5 heteroatoms. The van der Waals surface area contributed by atoms with Crippen LogP contribution in [0.4, 0.5) is 4.79 Å². The predicted molar refractivity (Wildman–Crippen MR) is 51.4 cm³/mol. The highest BCUT2D eigenvalue weighted by molar-refractivity contribution is 8.77. The van der Waals surface area contributed by atoms with Crippen LogP contribution in [-0.2, 0) is 9.47 Å². The molecule has 0 aliphatic carbocycles. The molecule has 0 aromatic heterocycles. The molecule has 0 spiro atoms. The molecule has 1 heterocycles. The summed E-state index contributed by atoms with van der Waals surface area (Å²) in [5.74, 6) is 2.07. The third-order valence-electron chi connectivity index (χ3n) is 1.60. The fourth-order valence-electron chi connectivity index (χ4n) is 0.785. The number of ether oxygens (including phenoxy) is 2. The largest absolute Gasteiger partial charge is 0.507 e. The molecule has 0 aromatic rings. The second kappa shape index (κ2) is 4.28. The fourth-order valence-corrected chi connectivity index (χ4v) is 4.23. The van der Waals surface area contributed by atoms with Crippen LogP contribution >= 0.6 is 21.6 Å². The zero-order valence-electron chi connectivity index (χ0n) is 7.16. The summed E-state index contributed by atoms with van der Waals surface area (Å²) < 4.78 is 9.27. The van der Waals surface area contributed by atoms with E-state index in [4.69, 9.17) is 4.74 Å². The summed E-state index contributed by atoms with van der Waals surface area (Å²) in [7, 11) is 4.97. The molecule has 1 saturated heterocycles. The van der Waals surface area contributed by atoms with E-state index in [9.17, 15) is 4.79 Å². The molecule has 0 radical (unpaired) electrons. The van der Waals surface area contributed by atoms with E-state index in [2.05, 4.69) is 11.7 Å². The molecule has 1 aliphatic rings. The molecule has 1 fully saturated rings. The Bertz CT molecular complexity index is 166. The summed E-state index contributed by atoms with van der Waals surface area (Å²) in [6.45, 7) is 2.57. The van der Waals surface area contributed by atoms with Crippen LogP contribution in [0.25, 0.3) is 0 Å². The number of rotatable bonds is 2. The van der Waals surface area contributed by atoms with Gasteiger partial charge in [0.15, 0.2) is 0 Å². The third kappa shape index (κ3) is 2.79. The molecule has 0 saturated carbocycles. The van der Waals surface area contributed by atoms with E-state index >= 15 is 0 Å². The molecule has 0 unspecified atom stereocenters. The monoisotopic (exact) mass is 208 g/mol. The molecule has 1 rings (SSSR count). The fraction of sp³-hybridized carbons (Fsp3) is 0.857. The highest BCUT2D eigenvalue weighted by Crippen LogP contribution is 2.42. The minimum Gasteiger partial charge on any atom is -0.438 e. The Balaban J connectivity index is 2.25. The minimum atomic E-state index is -0.585. The standard InChI is InChI=1S/C7H12O3S2/c1-7(4-11-12-5-7)3-10-6(8)9-2/h3-5H2,1-2H3. The van der Waals surface area contributed by atoms with Crippen molar-refractivity contribution in [3.8, 4) is 0 Å². The van der Waals surface area contributed by atoms with Crippen molar-refractivity contribution >= 4 is 27.7 Å². The Morgan fingerprint density at radius 2 is 2.08 bits per heavy atom. The lowest BCUT2D eigenvalue weighted by Crippen LogP contribution is -2.27. The van der Waals surface area contributed by atoms with Crippen LogP contribution in [0.5, 0.6) is 0 Å². The molecule has 0 amide bonds. The quantitative estimate of drug-likeness (QED) is 0.513. The SMILES string of the molecule is COC(=O)OCC1(C)CSSC1. The zero-order chi connectivity index (χ0) is 9.03. The molecule has 0 bridgehead atoms. The Morgan fingerprint density at radius 1 is 1.50 bits per heavy atom. The van der Waals surface area contributed by atoms with Crippen molar-refractivity contribution in [3.63, 3.8) is 0 Å². The Kier molecular flexibility index (Phi) is 3.58. The summed E-state index contributed by atoms with van der Waals surface area (Å²) in [5.41, 5.74) is 0.128. The Labute approximate surface area is 80.0 Å². The smallest absolute Gasteiger partial charge is 0.438 e. The van der Waals surface area contributed by atoms with Gasteiger partial charge in [-0.15, -0.1) is 0 Å². The van der Waals surface area contributed by atoms with Crippen molar-refractivity contribution in [2.24, 2.45) is 5.41 Å². The summed E-state index contributed by atoms with van der Waals surface area (Å²) in [4.78, 5) is 10.7. The number of methoxy groups -OCH3 is 1. The molecular weight excluding hydrogens is 196 g/mol. The maximum atomic E-state index is 10.7. The van der Waals surface area contributed by atoms with E-state index < -0.39 is 6.16 Å². The average molecular weight is 208 g/mol. The first kappa shape index (κ1) is 10.1. The lowest BCUT2D eigenvalue weighted by atomic mass is 9.98. The van der Waals surface area contributed by atoms with E-state index in [-0.39, 0.29) is 5.41 Å². The number of hydrogen-bond acceptors (Lipinski definition) is 5. The molecule has 0 atom stereocenters. The van der Waals surface area contributed by atoms with Gasteiger partial charge in [0.25, 0.3) is 0 Å². The van der Waals surface area contributed by atoms with Gasteiger partial charge in [0, 0.05) is 16.9 Å². The van der Waals surface area contributed by atoms with Crippen molar-refractivity contribution in [3.05, 3.63) is 0 Å². The van der Waals surface area contributed by atoms with Crippen molar-refractivity contribution in [1.29, 1.82) is 0 Å². The summed E-state index contributed by atoms with van der Waals surface area (Å²) in [6.07, 6.45) is -0.585. The van der Waals surface area contributed by atoms with Gasteiger partial charge in [0.05, 0.1) is 7.11 Å². The third-order valence-corrected chi connectivity index (χ3v) is 4.61. The number of carbonyl (C=O) groups excluding carboxylic acids is 1. The van der Waals surface area contributed by atoms with E-state index in [0.29, 0.717) is 6.61 Å². The summed E-state index contributed by atoms with van der Waals surface area (Å²) in [6, 6.07) is 0. The maximum absolute atomic E-state index is 10.7. The second-order valence-electron chi connectivity index (χ2n) is 3.08. The number of carbonyl (C=O) groups is 1. The van der Waals surface area contributed by atoms with E-state index in [1.807, 2.05) is 21.6 Å². The van der Waals surface area contributed by atoms with E-state index in [0.717, 1.165) is 11.5 Å². The molecule has 3 nitrogen and oxygen atoms in total. The van der Waals surface area contributed by atoms with Gasteiger partial charge in [-0.25, -0.2) is 4.79 Å². The van der Waals surface area contributed by atoms with Gasteiger partial charge in [0.1, 0.15) is 6.61 Å². The second-order valence-corrected chi connectivity index (χ2v) is 5.54. The summed E-state index contributed by atoms with van der Waals surface area (Å²) in [5, 5.41) is 0. The molecule has 12 heavy (non-hydrogen) atoms. The van der Waals surface area contributed by atoms with E-state index in [1.165, 1.54) is 7.11 Å². The van der Waals surface area contributed by atoms with Crippen molar-refractivity contribution < 1.29 is 14.3 Å². The molecular formula is C7H12O3S2. The van der Waals surface area contributed by atoms with Gasteiger partial charge in [-0.3, -0.25) is 0 Å². The predicted octanol–water partition coefficient (Wildman–Crippen LogP) is 2.17. The lowest BCUT2D eigenvalue weighted by molar-refractivity contribution is 0.0497. The molecule has 0 N–H and O–H groups in total. The first-order valence-corrected chi connectivity index (χ1v) is 6.10. The first-order chi connectivity index (χ1) is 5.66. The molecule has 1 aliphatic heterocycles. The van der Waals surface area contributed by atoms with Gasteiger partial charge in [-0.05, 0) is 0 Å².